The minimum absolute atomic E-state index is 0.00604. The van der Waals surface area contributed by atoms with E-state index in [1.165, 1.54) is 0 Å². The van der Waals surface area contributed by atoms with Crippen molar-refractivity contribution >= 4 is 35.6 Å². The summed E-state index contributed by atoms with van der Waals surface area (Å²) in [4.78, 5) is 76.1. The molecule has 4 amide bonds. The highest BCUT2D eigenvalue weighted by Crippen LogP contribution is 2.29. The van der Waals surface area contributed by atoms with Gasteiger partial charge in [-0.2, -0.15) is 0 Å². The predicted octanol–water partition coefficient (Wildman–Crippen LogP) is 1.64. The maximum atomic E-state index is 12.7. The molecule has 1 aliphatic carbocycles. The van der Waals surface area contributed by atoms with Gasteiger partial charge in [-0.3, -0.25) is 24.0 Å². The fourth-order valence-electron chi connectivity index (χ4n) is 4.52. The van der Waals surface area contributed by atoms with Crippen molar-refractivity contribution in [2.75, 3.05) is 26.3 Å². The van der Waals surface area contributed by atoms with Gasteiger partial charge in [-0.25, -0.2) is 4.79 Å². The van der Waals surface area contributed by atoms with Crippen LogP contribution in [0.1, 0.15) is 66.9 Å². The van der Waals surface area contributed by atoms with Gasteiger partial charge in [-0.05, 0) is 17.7 Å². The lowest BCUT2D eigenvalue weighted by molar-refractivity contribution is -0.197. The van der Waals surface area contributed by atoms with Gasteiger partial charge in [0.2, 0.25) is 11.8 Å². The van der Waals surface area contributed by atoms with E-state index in [2.05, 4.69) is 22.5 Å². The number of amides is 4. The first-order chi connectivity index (χ1) is 21.3. The number of benzene rings is 2. The molecule has 12 heteroatoms. The Hall–Kier alpha value is -5.02. The standard InChI is InChI=1S/C32H33N3O9/c36-27(33-17-19-42-20-18-34-28(37)12-16-32(41)44-35-29(38)13-14-30(35)39)11-15-31(40)43-26-21-24-7-2-1-5-22(24)9-10-23-6-3-4-8-25(23)26/h1-8,26H,11-21H2,(H,33,36)(H,34,37). The average Bonchev–Trinajstić information content (AvgIpc) is 3.33. The lowest BCUT2D eigenvalue weighted by Gasteiger charge is -2.22. The molecule has 0 spiro atoms. The van der Waals surface area contributed by atoms with Gasteiger partial charge in [0.25, 0.3) is 11.8 Å². The Morgan fingerprint density at radius 2 is 1.32 bits per heavy atom. The van der Waals surface area contributed by atoms with Crippen LogP contribution in [0.2, 0.25) is 0 Å². The third-order valence-electron chi connectivity index (χ3n) is 6.78. The van der Waals surface area contributed by atoms with Crippen LogP contribution in [-0.2, 0) is 49.5 Å². The van der Waals surface area contributed by atoms with Crippen LogP contribution in [0.4, 0.5) is 0 Å². The summed E-state index contributed by atoms with van der Waals surface area (Å²) in [7, 11) is 0. The van der Waals surface area contributed by atoms with E-state index >= 15 is 0 Å². The molecule has 1 heterocycles. The monoisotopic (exact) mass is 603 g/mol. The van der Waals surface area contributed by atoms with Crippen molar-refractivity contribution in [2.24, 2.45) is 0 Å². The second kappa shape index (κ2) is 16.0. The van der Waals surface area contributed by atoms with Crippen molar-refractivity contribution in [1.82, 2.24) is 15.7 Å². The molecule has 2 aromatic carbocycles. The molecule has 2 aromatic rings. The van der Waals surface area contributed by atoms with Crippen molar-refractivity contribution in [1.29, 1.82) is 0 Å². The van der Waals surface area contributed by atoms with Crippen LogP contribution in [0.5, 0.6) is 0 Å². The fraction of sp³-hybridized carbons (Fsp3) is 0.375. The zero-order valence-corrected chi connectivity index (χ0v) is 24.1. The van der Waals surface area contributed by atoms with Crippen LogP contribution >= 0.6 is 0 Å². The number of carbonyl (C=O) groups excluding carboxylic acids is 6. The van der Waals surface area contributed by atoms with Gasteiger partial charge in [0.05, 0.1) is 26.1 Å². The minimum Gasteiger partial charge on any atom is -0.457 e. The molecule has 0 aromatic heterocycles. The first-order valence-corrected chi connectivity index (χ1v) is 14.4. The maximum Gasteiger partial charge on any atom is 0.333 e. The van der Waals surface area contributed by atoms with Crippen LogP contribution in [0, 0.1) is 11.8 Å². The topological polar surface area (TPSA) is 157 Å². The van der Waals surface area contributed by atoms with Crippen LogP contribution in [0.25, 0.3) is 0 Å². The van der Waals surface area contributed by atoms with Crippen molar-refractivity contribution in [2.45, 2.75) is 51.0 Å². The first-order valence-electron chi connectivity index (χ1n) is 14.4. The average molecular weight is 604 g/mol. The van der Waals surface area contributed by atoms with Gasteiger partial charge in [-0.1, -0.05) is 48.2 Å². The molecular weight excluding hydrogens is 570 g/mol. The van der Waals surface area contributed by atoms with E-state index in [9.17, 15) is 28.8 Å². The Morgan fingerprint density at radius 3 is 2.00 bits per heavy atom. The second-order valence-electron chi connectivity index (χ2n) is 10.0. The van der Waals surface area contributed by atoms with Gasteiger partial charge >= 0.3 is 11.9 Å². The third kappa shape index (κ3) is 9.50. The summed E-state index contributed by atoms with van der Waals surface area (Å²) in [5.74, 6) is 3.11. The normalized spacial score (nSPS) is 15.1. The zero-order chi connectivity index (χ0) is 31.3. The number of hydrogen-bond acceptors (Lipinski definition) is 9. The molecule has 44 heavy (non-hydrogen) atoms. The van der Waals surface area contributed by atoms with Gasteiger partial charge in [0.15, 0.2) is 0 Å². The van der Waals surface area contributed by atoms with Crippen molar-refractivity contribution < 1.29 is 43.1 Å². The van der Waals surface area contributed by atoms with Crippen LogP contribution < -0.4 is 10.6 Å². The molecule has 1 atom stereocenters. The number of carbonyl (C=O) groups is 6. The minimum atomic E-state index is -0.852. The lowest BCUT2D eigenvalue weighted by Crippen LogP contribution is -2.33. The molecule has 4 rings (SSSR count). The highest BCUT2D eigenvalue weighted by molar-refractivity contribution is 6.01. The Labute approximate surface area is 254 Å². The molecule has 230 valence electrons. The summed E-state index contributed by atoms with van der Waals surface area (Å²) in [5, 5.41) is 5.68. The number of fused-ring (bicyclic) bond motifs is 2. The number of nitrogens with one attached hydrogen (secondary N) is 2. The largest absolute Gasteiger partial charge is 0.457 e. The van der Waals surface area contributed by atoms with E-state index in [1.54, 1.807) is 0 Å². The highest BCUT2D eigenvalue weighted by atomic mass is 16.7. The van der Waals surface area contributed by atoms with Gasteiger partial charge < -0.3 is 24.9 Å². The molecule has 1 fully saturated rings. The number of hydroxylamine groups is 2. The SMILES string of the molecule is O=C(CCC(=O)OC1Cc2ccccc2C#Cc2ccccc21)NCCOCCNC(=O)CCC(=O)ON1C(=O)CCC1=O. The van der Waals surface area contributed by atoms with E-state index in [0.717, 1.165) is 22.3 Å². The van der Waals surface area contributed by atoms with E-state index in [4.69, 9.17) is 14.3 Å². The van der Waals surface area contributed by atoms with E-state index in [1.807, 2.05) is 48.5 Å². The Kier molecular flexibility index (Phi) is 11.6. The highest BCUT2D eigenvalue weighted by Gasteiger charge is 2.32. The number of esters is 1. The lowest BCUT2D eigenvalue weighted by atomic mass is 9.92. The summed E-state index contributed by atoms with van der Waals surface area (Å²) >= 11 is 0. The number of hydrogen-bond donors (Lipinski definition) is 2. The van der Waals surface area contributed by atoms with E-state index in [0.29, 0.717) is 11.5 Å². The summed E-state index contributed by atoms with van der Waals surface area (Å²) in [6.07, 6.45) is -0.645. The van der Waals surface area contributed by atoms with Crippen molar-refractivity contribution in [3.8, 4) is 11.8 Å². The molecule has 0 bridgehead atoms. The van der Waals surface area contributed by atoms with Crippen molar-refractivity contribution in [3.63, 3.8) is 0 Å². The fourth-order valence-corrected chi connectivity index (χ4v) is 4.52. The molecule has 1 saturated heterocycles. The van der Waals surface area contributed by atoms with E-state index < -0.39 is 35.8 Å². The number of rotatable bonds is 14. The number of imide groups is 1. The Morgan fingerprint density at radius 1 is 0.750 bits per heavy atom. The number of nitrogens with zero attached hydrogens (tertiary/aromatic N) is 1. The van der Waals surface area contributed by atoms with E-state index in [-0.39, 0.29) is 70.7 Å². The maximum absolute atomic E-state index is 12.7. The van der Waals surface area contributed by atoms with Crippen LogP contribution in [-0.4, -0.2) is 66.9 Å². The van der Waals surface area contributed by atoms with Crippen LogP contribution in [0.3, 0.4) is 0 Å². The second-order valence-corrected chi connectivity index (χ2v) is 10.0. The predicted molar refractivity (Wildman–Crippen MR) is 154 cm³/mol. The molecule has 1 unspecified atom stereocenters. The van der Waals surface area contributed by atoms with Crippen LogP contribution in [0.15, 0.2) is 48.5 Å². The molecule has 2 aliphatic rings. The first kappa shape index (κ1) is 31.9. The molecular formula is C32H33N3O9. The molecule has 1 aliphatic heterocycles. The summed E-state index contributed by atoms with van der Waals surface area (Å²) in [5.41, 5.74) is 3.50. The molecule has 0 radical (unpaired) electrons. The number of ether oxygens (including phenoxy) is 2. The Bertz CT molecular complexity index is 1460. The summed E-state index contributed by atoms with van der Waals surface area (Å²) < 4.78 is 11.2. The summed E-state index contributed by atoms with van der Waals surface area (Å²) in [6.45, 7) is 0.755. The molecule has 2 N–H and O–H groups in total. The zero-order valence-electron chi connectivity index (χ0n) is 24.1. The quantitative estimate of drug-likeness (QED) is 0.142. The summed E-state index contributed by atoms with van der Waals surface area (Å²) in [6, 6.07) is 15.3. The Balaban J connectivity index is 1.07. The smallest absolute Gasteiger partial charge is 0.333 e. The van der Waals surface area contributed by atoms with Crippen molar-refractivity contribution in [3.05, 3.63) is 70.8 Å². The van der Waals surface area contributed by atoms with Gasteiger partial charge in [0.1, 0.15) is 6.10 Å². The molecule has 12 nitrogen and oxygen atoms in total. The molecule has 0 saturated carbocycles. The third-order valence-corrected chi connectivity index (χ3v) is 6.78. The van der Waals surface area contributed by atoms with Gasteiger partial charge in [0, 0.05) is 61.9 Å². The van der Waals surface area contributed by atoms with Gasteiger partial charge in [-0.15, -0.1) is 5.06 Å².